The molecule has 1 aromatic rings. The highest BCUT2D eigenvalue weighted by Crippen LogP contribution is 2.36. The van der Waals surface area contributed by atoms with Gasteiger partial charge in [-0.2, -0.15) is 0 Å². The van der Waals surface area contributed by atoms with Crippen LogP contribution in [0.15, 0.2) is 18.2 Å². The highest BCUT2D eigenvalue weighted by atomic mass is 19.3. The largest absolute Gasteiger partial charge is 0.508 e. The van der Waals surface area contributed by atoms with Gasteiger partial charge in [-0.25, -0.2) is 8.78 Å². The van der Waals surface area contributed by atoms with Crippen LogP contribution in [-0.4, -0.2) is 29.3 Å². The second-order valence-corrected chi connectivity index (χ2v) is 4.25. The van der Waals surface area contributed by atoms with Crippen LogP contribution in [0, 0.1) is 0 Å². The first-order chi connectivity index (χ1) is 8.09. The number of phenolic OH excluding ortho intramolecular Hbond substituents is 1. The van der Waals surface area contributed by atoms with E-state index in [1.807, 2.05) is 6.07 Å². The fourth-order valence-electron chi connectivity index (χ4n) is 2.20. The number of halogens is 2. The highest BCUT2D eigenvalue weighted by molar-refractivity contribution is 5.44. The molecule has 3 N–H and O–H groups in total. The van der Waals surface area contributed by atoms with Gasteiger partial charge in [-0.05, 0) is 30.0 Å². The van der Waals surface area contributed by atoms with Gasteiger partial charge < -0.3 is 15.5 Å². The summed E-state index contributed by atoms with van der Waals surface area (Å²) in [6.07, 6.45) is -2.89. The van der Waals surface area contributed by atoms with Crippen molar-refractivity contribution in [3.8, 4) is 5.75 Å². The van der Waals surface area contributed by atoms with Crippen molar-refractivity contribution in [3.05, 3.63) is 29.3 Å². The first kappa shape index (κ1) is 12.3. The van der Waals surface area contributed by atoms with Gasteiger partial charge in [0.15, 0.2) is 0 Å². The van der Waals surface area contributed by atoms with E-state index in [0.29, 0.717) is 0 Å². The minimum atomic E-state index is -2.73. The number of hydrogen-bond donors (Lipinski definition) is 3. The van der Waals surface area contributed by atoms with Gasteiger partial charge in [-0.1, -0.05) is 12.1 Å². The van der Waals surface area contributed by atoms with Crippen molar-refractivity contribution in [3.63, 3.8) is 0 Å². The Hall–Kier alpha value is -1.20. The lowest BCUT2D eigenvalue weighted by Gasteiger charge is -2.17. The standard InChI is InChI=1S/C12H15F2NO2/c13-12(14)11(17)6-15-9-5-4-8-7(9)2-1-3-10(8)16/h1-3,9,11-12,15-17H,4-6H2. The second kappa shape index (κ2) is 4.98. The van der Waals surface area contributed by atoms with Crippen molar-refractivity contribution in [2.75, 3.05) is 6.54 Å². The van der Waals surface area contributed by atoms with Crippen LogP contribution in [0.5, 0.6) is 5.75 Å². The molecule has 0 radical (unpaired) electrons. The molecule has 1 aromatic carbocycles. The maximum atomic E-state index is 12.1. The lowest BCUT2D eigenvalue weighted by atomic mass is 10.1. The molecule has 17 heavy (non-hydrogen) atoms. The third-order valence-corrected chi connectivity index (χ3v) is 3.11. The zero-order chi connectivity index (χ0) is 12.4. The number of aromatic hydroxyl groups is 1. The maximum Gasteiger partial charge on any atom is 0.265 e. The van der Waals surface area contributed by atoms with Crippen LogP contribution in [0.2, 0.25) is 0 Å². The lowest BCUT2D eigenvalue weighted by Crippen LogP contribution is -2.33. The van der Waals surface area contributed by atoms with Crippen molar-refractivity contribution in [1.82, 2.24) is 5.32 Å². The number of alkyl halides is 2. The molecule has 0 saturated heterocycles. The van der Waals surface area contributed by atoms with Crippen molar-refractivity contribution in [2.24, 2.45) is 0 Å². The summed E-state index contributed by atoms with van der Waals surface area (Å²) < 4.78 is 24.3. The van der Waals surface area contributed by atoms with Gasteiger partial charge in [-0.3, -0.25) is 0 Å². The van der Waals surface area contributed by atoms with E-state index >= 15 is 0 Å². The van der Waals surface area contributed by atoms with Gasteiger partial charge in [0.1, 0.15) is 11.9 Å². The highest BCUT2D eigenvalue weighted by Gasteiger charge is 2.26. The molecule has 0 amide bonds. The predicted molar refractivity (Wildman–Crippen MR) is 59.2 cm³/mol. The summed E-state index contributed by atoms with van der Waals surface area (Å²) in [6, 6.07) is 5.16. The zero-order valence-electron chi connectivity index (χ0n) is 9.24. The summed E-state index contributed by atoms with van der Waals surface area (Å²) in [4.78, 5) is 0. The Morgan fingerprint density at radius 1 is 1.41 bits per heavy atom. The molecule has 0 spiro atoms. The fraction of sp³-hybridized carbons (Fsp3) is 0.500. The lowest BCUT2D eigenvalue weighted by molar-refractivity contribution is -0.00463. The van der Waals surface area contributed by atoms with Crippen LogP contribution in [0.4, 0.5) is 8.78 Å². The molecule has 0 heterocycles. The molecule has 0 aromatic heterocycles. The smallest absolute Gasteiger partial charge is 0.265 e. The Kier molecular flexibility index (Phi) is 3.59. The van der Waals surface area contributed by atoms with Crippen LogP contribution >= 0.6 is 0 Å². The molecule has 0 fully saturated rings. The minimum Gasteiger partial charge on any atom is -0.508 e. The van der Waals surface area contributed by atoms with Crippen LogP contribution in [-0.2, 0) is 6.42 Å². The summed E-state index contributed by atoms with van der Waals surface area (Å²) in [7, 11) is 0. The van der Waals surface area contributed by atoms with Crippen LogP contribution in [0.25, 0.3) is 0 Å². The first-order valence-electron chi connectivity index (χ1n) is 5.60. The Balaban J connectivity index is 2.00. The van der Waals surface area contributed by atoms with E-state index in [4.69, 9.17) is 5.11 Å². The monoisotopic (exact) mass is 243 g/mol. The molecule has 94 valence electrons. The molecule has 0 aliphatic heterocycles. The molecule has 3 nitrogen and oxygen atoms in total. The van der Waals surface area contributed by atoms with Crippen molar-refractivity contribution in [2.45, 2.75) is 31.4 Å². The average molecular weight is 243 g/mol. The number of aliphatic hydroxyl groups excluding tert-OH is 1. The fourth-order valence-corrected chi connectivity index (χ4v) is 2.20. The number of nitrogens with one attached hydrogen (secondary N) is 1. The molecular formula is C12H15F2NO2. The molecule has 2 rings (SSSR count). The van der Waals surface area contributed by atoms with E-state index in [1.165, 1.54) is 0 Å². The number of fused-ring (bicyclic) bond motifs is 1. The average Bonchev–Trinajstić information content (AvgIpc) is 2.70. The Morgan fingerprint density at radius 3 is 2.88 bits per heavy atom. The van der Waals surface area contributed by atoms with Gasteiger partial charge in [0.25, 0.3) is 6.43 Å². The molecule has 0 saturated carbocycles. The van der Waals surface area contributed by atoms with Gasteiger partial charge in [0.05, 0.1) is 0 Å². The van der Waals surface area contributed by atoms with Crippen molar-refractivity contribution < 1.29 is 19.0 Å². The van der Waals surface area contributed by atoms with E-state index in [1.54, 1.807) is 12.1 Å². The van der Waals surface area contributed by atoms with E-state index < -0.39 is 12.5 Å². The van der Waals surface area contributed by atoms with Crippen LogP contribution in [0.1, 0.15) is 23.6 Å². The van der Waals surface area contributed by atoms with E-state index in [2.05, 4.69) is 5.32 Å². The predicted octanol–water partition coefficient (Wildman–Crippen LogP) is 1.60. The third kappa shape index (κ3) is 2.56. The summed E-state index contributed by atoms with van der Waals surface area (Å²) in [5.74, 6) is 0.251. The zero-order valence-corrected chi connectivity index (χ0v) is 9.24. The first-order valence-corrected chi connectivity index (χ1v) is 5.60. The molecule has 1 aliphatic rings. The van der Waals surface area contributed by atoms with Crippen molar-refractivity contribution in [1.29, 1.82) is 0 Å². The summed E-state index contributed by atoms with van der Waals surface area (Å²) in [6.45, 7) is -0.141. The molecular weight excluding hydrogens is 228 g/mol. The minimum absolute atomic E-state index is 0.0644. The summed E-state index contributed by atoms with van der Waals surface area (Å²) >= 11 is 0. The number of hydrogen-bond acceptors (Lipinski definition) is 3. The molecule has 1 aliphatic carbocycles. The second-order valence-electron chi connectivity index (χ2n) is 4.25. The van der Waals surface area contributed by atoms with Gasteiger partial charge in [0.2, 0.25) is 0 Å². The normalized spacial score (nSPS) is 20.6. The maximum absolute atomic E-state index is 12.1. The quantitative estimate of drug-likeness (QED) is 0.752. The Morgan fingerprint density at radius 2 is 2.18 bits per heavy atom. The topological polar surface area (TPSA) is 52.5 Å². The Bertz CT molecular complexity index is 398. The van der Waals surface area contributed by atoms with Crippen molar-refractivity contribution >= 4 is 0 Å². The molecule has 0 bridgehead atoms. The molecule has 2 unspecified atom stereocenters. The van der Waals surface area contributed by atoms with E-state index in [9.17, 15) is 13.9 Å². The van der Waals surface area contributed by atoms with Crippen LogP contribution < -0.4 is 5.32 Å². The number of rotatable bonds is 4. The van der Waals surface area contributed by atoms with Crippen LogP contribution in [0.3, 0.4) is 0 Å². The number of benzene rings is 1. The molecule has 2 atom stereocenters. The van der Waals surface area contributed by atoms with Gasteiger partial charge >= 0.3 is 0 Å². The molecule has 5 heteroatoms. The summed E-state index contributed by atoms with van der Waals surface area (Å²) in [5, 5.41) is 21.6. The van der Waals surface area contributed by atoms with Gasteiger partial charge in [0, 0.05) is 12.6 Å². The number of aliphatic hydroxyl groups is 1. The van der Waals surface area contributed by atoms with Gasteiger partial charge in [-0.15, -0.1) is 0 Å². The van der Waals surface area contributed by atoms with E-state index in [-0.39, 0.29) is 18.3 Å². The third-order valence-electron chi connectivity index (χ3n) is 3.11. The number of phenols is 1. The Labute approximate surface area is 98.1 Å². The SMILES string of the molecule is Oc1cccc2c1CCC2NCC(O)C(F)F. The van der Waals surface area contributed by atoms with E-state index in [0.717, 1.165) is 24.0 Å². The summed E-state index contributed by atoms with van der Waals surface area (Å²) in [5.41, 5.74) is 1.81.